The Bertz CT molecular complexity index is 1440. The van der Waals surface area contributed by atoms with Crippen molar-refractivity contribution < 1.29 is 23.7 Å². The number of ether oxygens (including phenoxy) is 4. The van der Waals surface area contributed by atoms with Crippen LogP contribution in [0.5, 0.6) is 11.5 Å². The standard InChI is InChI=1S/C28H29Cl2N5O5/c1-4-16(36)5-15-12-39-13-20(15)33-28-31-9-14-6-19(23-24(29)21(37-2)8-22(38-3)25(23)30)32-27(26(14)34-28)35-10-17-7-18(11-35)40-17/h4,6,8-9,15,17-18,20H,1,5,7,10-13H2,2-3H3,(H,31,33,34)/t15-,17?,18?,20+/m0/s1. The fourth-order valence-electron chi connectivity index (χ4n) is 5.55. The number of rotatable bonds is 9. The lowest BCUT2D eigenvalue weighted by molar-refractivity contribution is -0.133. The monoisotopic (exact) mass is 585 g/mol. The molecule has 2 aromatic heterocycles. The molecule has 10 nitrogen and oxygen atoms in total. The van der Waals surface area contributed by atoms with Crippen LogP contribution in [0.15, 0.2) is 31.0 Å². The molecule has 2 bridgehead atoms. The van der Waals surface area contributed by atoms with E-state index >= 15 is 0 Å². The number of pyridine rings is 1. The Labute approximate surface area is 241 Å². The topological polar surface area (TPSA) is 108 Å². The first-order valence-electron chi connectivity index (χ1n) is 13.1. The lowest BCUT2D eigenvalue weighted by Gasteiger charge is -2.47. The van der Waals surface area contributed by atoms with Gasteiger partial charge in [-0.15, -0.1) is 0 Å². The molecular weight excluding hydrogens is 557 g/mol. The summed E-state index contributed by atoms with van der Waals surface area (Å²) in [7, 11) is 3.07. The van der Waals surface area contributed by atoms with E-state index in [4.69, 9.17) is 52.1 Å². The number of nitrogens with one attached hydrogen (secondary N) is 1. The van der Waals surface area contributed by atoms with Crippen LogP contribution in [0.1, 0.15) is 12.8 Å². The second-order valence-corrected chi connectivity index (χ2v) is 10.9. The first kappa shape index (κ1) is 27.0. The maximum absolute atomic E-state index is 12.0. The van der Waals surface area contributed by atoms with E-state index in [1.54, 1.807) is 12.3 Å². The third-order valence-electron chi connectivity index (χ3n) is 7.64. The molecule has 40 heavy (non-hydrogen) atoms. The van der Waals surface area contributed by atoms with Crippen molar-refractivity contribution >= 4 is 51.7 Å². The molecule has 0 spiro atoms. The summed E-state index contributed by atoms with van der Waals surface area (Å²) in [5.74, 6) is 1.96. The minimum absolute atomic E-state index is 0.00319. The Morgan fingerprint density at radius 3 is 2.50 bits per heavy atom. The number of piperidine rings is 1. The number of carbonyl (C=O) groups excluding carboxylic acids is 1. The van der Waals surface area contributed by atoms with Crippen LogP contribution < -0.4 is 19.7 Å². The fraction of sp³-hybridized carbons (Fsp3) is 0.429. The number of anilines is 2. The number of aromatic nitrogens is 3. The summed E-state index contributed by atoms with van der Waals surface area (Å²) in [6.07, 6.45) is 4.79. The summed E-state index contributed by atoms with van der Waals surface area (Å²) in [4.78, 5) is 28.7. The van der Waals surface area contributed by atoms with E-state index in [0.29, 0.717) is 82.8 Å². The van der Waals surface area contributed by atoms with Gasteiger partial charge in [0.25, 0.3) is 0 Å². The maximum atomic E-state index is 12.0. The van der Waals surface area contributed by atoms with Crippen molar-refractivity contribution in [3.05, 3.63) is 41.0 Å². The summed E-state index contributed by atoms with van der Waals surface area (Å²) in [6.45, 7) is 5.92. The number of fused-ring (bicyclic) bond motifs is 3. The highest BCUT2D eigenvalue weighted by Gasteiger charge is 2.40. The highest BCUT2D eigenvalue weighted by Crippen LogP contribution is 2.46. The van der Waals surface area contributed by atoms with E-state index in [0.717, 1.165) is 11.8 Å². The smallest absolute Gasteiger partial charge is 0.223 e. The Hall–Kier alpha value is -3.18. The second-order valence-electron chi connectivity index (χ2n) is 10.2. The van der Waals surface area contributed by atoms with Crippen molar-refractivity contribution in [2.75, 3.05) is 50.7 Å². The quantitative estimate of drug-likeness (QED) is 0.359. The van der Waals surface area contributed by atoms with E-state index in [1.165, 1.54) is 20.3 Å². The lowest BCUT2D eigenvalue weighted by atomic mass is 9.97. The van der Waals surface area contributed by atoms with Gasteiger partial charge < -0.3 is 29.2 Å². The van der Waals surface area contributed by atoms with Crippen LogP contribution in [0.2, 0.25) is 10.0 Å². The number of allylic oxidation sites excluding steroid dienone is 1. The van der Waals surface area contributed by atoms with E-state index in [-0.39, 0.29) is 30.0 Å². The second kappa shape index (κ2) is 11.0. The molecule has 6 heterocycles. The van der Waals surface area contributed by atoms with Gasteiger partial charge in [0.1, 0.15) is 17.0 Å². The number of carbonyl (C=O) groups is 1. The van der Waals surface area contributed by atoms with Gasteiger partial charge >= 0.3 is 0 Å². The van der Waals surface area contributed by atoms with Crippen LogP contribution in [0.25, 0.3) is 22.2 Å². The van der Waals surface area contributed by atoms with Crippen molar-refractivity contribution in [3.8, 4) is 22.8 Å². The summed E-state index contributed by atoms with van der Waals surface area (Å²) < 4.78 is 22.5. The summed E-state index contributed by atoms with van der Waals surface area (Å²) in [5.41, 5.74) is 1.73. The van der Waals surface area contributed by atoms with E-state index in [2.05, 4.69) is 21.8 Å². The number of benzene rings is 1. The van der Waals surface area contributed by atoms with Crippen LogP contribution in [0, 0.1) is 5.92 Å². The molecule has 1 aromatic carbocycles. The van der Waals surface area contributed by atoms with Gasteiger partial charge in [-0.3, -0.25) is 4.79 Å². The highest BCUT2D eigenvalue weighted by atomic mass is 35.5. The summed E-state index contributed by atoms with van der Waals surface area (Å²) in [6, 6.07) is 3.41. The normalized spacial score (nSPS) is 23.6. The van der Waals surface area contributed by atoms with E-state index in [1.807, 2.05) is 6.07 Å². The van der Waals surface area contributed by atoms with Gasteiger partial charge in [0.05, 0.1) is 61.4 Å². The van der Waals surface area contributed by atoms with E-state index in [9.17, 15) is 4.79 Å². The van der Waals surface area contributed by atoms with Crippen LogP contribution in [0.4, 0.5) is 11.8 Å². The molecule has 1 N–H and O–H groups in total. The number of hydrogen-bond donors (Lipinski definition) is 1. The average molecular weight is 586 g/mol. The zero-order chi connectivity index (χ0) is 28.0. The first-order chi connectivity index (χ1) is 19.4. The minimum Gasteiger partial charge on any atom is -0.495 e. The predicted octanol–water partition coefficient (Wildman–Crippen LogP) is 4.57. The van der Waals surface area contributed by atoms with Crippen molar-refractivity contribution in [2.24, 2.45) is 5.92 Å². The molecule has 4 atom stereocenters. The average Bonchev–Trinajstić information content (AvgIpc) is 3.38. The third-order valence-corrected chi connectivity index (χ3v) is 8.39. The molecular formula is C28H29Cl2N5O5. The van der Waals surface area contributed by atoms with Gasteiger partial charge in [0.2, 0.25) is 5.95 Å². The zero-order valence-corrected chi connectivity index (χ0v) is 23.7. The van der Waals surface area contributed by atoms with Crippen LogP contribution in [0.3, 0.4) is 0 Å². The van der Waals surface area contributed by atoms with Crippen molar-refractivity contribution in [3.63, 3.8) is 0 Å². The summed E-state index contributed by atoms with van der Waals surface area (Å²) >= 11 is 13.5. The van der Waals surface area contributed by atoms with Gasteiger partial charge in [-0.25, -0.2) is 15.0 Å². The Kier molecular flexibility index (Phi) is 7.43. The van der Waals surface area contributed by atoms with Gasteiger partial charge in [0, 0.05) is 55.1 Å². The Morgan fingerprint density at radius 1 is 1.15 bits per heavy atom. The molecule has 4 aliphatic rings. The number of hydrogen-bond acceptors (Lipinski definition) is 10. The molecule has 210 valence electrons. The first-order valence-corrected chi connectivity index (χ1v) is 13.8. The number of methoxy groups -OCH3 is 2. The Morgan fingerprint density at radius 2 is 1.85 bits per heavy atom. The van der Waals surface area contributed by atoms with Gasteiger partial charge in [-0.2, -0.15) is 0 Å². The molecule has 3 aromatic rings. The molecule has 7 rings (SSSR count). The van der Waals surface area contributed by atoms with Gasteiger partial charge in [0.15, 0.2) is 11.6 Å². The van der Waals surface area contributed by atoms with Crippen molar-refractivity contribution in [1.29, 1.82) is 0 Å². The number of halogens is 2. The molecule has 0 radical (unpaired) electrons. The van der Waals surface area contributed by atoms with Crippen molar-refractivity contribution in [2.45, 2.75) is 31.1 Å². The number of morpholine rings is 1. The number of ketones is 1. The zero-order valence-electron chi connectivity index (χ0n) is 22.2. The van der Waals surface area contributed by atoms with Crippen LogP contribution in [-0.4, -0.2) is 79.5 Å². The summed E-state index contributed by atoms with van der Waals surface area (Å²) in [5, 5.41) is 4.80. The van der Waals surface area contributed by atoms with Crippen LogP contribution in [-0.2, 0) is 14.3 Å². The molecule has 12 heteroatoms. The molecule has 2 unspecified atom stereocenters. The van der Waals surface area contributed by atoms with Crippen LogP contribution >= 0.6 is 23.2 Å². The van der Waals surface area contributed by atoms with E-state index < -0.39 is 0 Å². The maximum Gasteiger partial charge on any atom is 0.223 e. The van der Waals surface area contributed by atoms with Gasteiger partial charge in [-0.1, -0.05) is 29.8 Å². The number of nitrogens with zero attached hydrogens (tertiary/aromatic N) is 4. The molecule has 0 aliphatic carbocycles. The molecule has 4 saturated heterocycles. The molecule has 0 saturated carbocycles. The van der Waals surface area contributed by atoms with Gasteiger partial charge in [-0.05, 0) is 12.1 Å². The molecule has 0 amide bonds. The lowest BCUT2D eigenvalue weighted by Crippen LogP contribution is -2.57. The third kappa shape index (κ3) is 4.94. The SMILES string of the molecule is C=CC(=O)C[C@H]1COC[C@H]1Nc1ncc2cc(-c3c(Cl)c(OC)cc(OC)c3Cl)nc(N3CC4CC(C3)O4)c2n1. The highest BCUT2D eigenvalue weighted by molar-refractivity contribution is 6.41. The minimum atomic E-state index is -0.102. The molecule has 4 fully saturated rings. The molecule has 4 aliphatic heterocycles. The largest absolute Gasteiger partial charge is 0.495 e. The predicted molar refractivity (Wildman–Crippen MR) is 153 cm³/mol. The van der Waals surface area contributed by atoms with Crippen molar-refractivity contribution in [1.82, 2.24) is 15.0 Å². The fourth-order valence-corrected chi connectivity index (χ4v) is 6.24. The Balaban J connectivity index is 1.43.